The van der Waals surface area contributed by atoms with Gasteiger partial charge in [-0.25, -0.2) is 18.2 Å². The maximum atomic E-state index is 12.7. The lowest BCUT2D eigenvalue weighted by molar-refractivity contribution is 0.0938. The Kier molecular flexibility index (Phi) is 5.42. The number of H-pyrrole nitrogens is 1. The summed E-state index contributed by atoms with van der Waals surface area (Å²) in [5, 5.41) is 6.61. The quantitative estimate of drug-likeness (QED) is 0.571. The van der Waals surface area contributed by atoms with Gasteiger partial charge in [0.25, 0.3) is 5.91 Å². The van der Waals surface area contributed by atoms with E-state index in [0.717, 1.165) is 10.9 Å². The SMILES string of the molecule is CC(NC(=O)c1cc(Br)cc(S(C)(=O)=O)c1)c1nccnc1-n1nc[nH]c1=O. The third kappa shape index (κ3) is 4.17. The molecule has 2 aromatic heterocycles. The fourth-order valence-corrected chi connectivity index (χ4v) is 3.80. The molecule has 3 rings (SSSR count). The Morgan fingerprint density at radius 1 is 1.25 bits per heavy atom. The number of nitrogens with zero attached hydrogens (tertiary/aromatic N) is 4. The second-order valence-electron chi connectivity index (χ2n) is 5.91. The van der Waals surface area contributed by atoms with Gasteiger partial charge >= 0.3 is 5.69 Å². The minimum Gasteiger partial charge on any atom is -0.344 e. The van der Waals surface area contributed by atoms with Crippen molar-refractivity contribution >= 4 is 31.7 Å². The van der Waals surface area contributed by atoms with Crippen LogP contribution in [0, 0.1) is 0 Å². The maximum absolute atomic E-state index is 12.7. The van der Waals surface area contributed by atoms with E-state index in [1.807, 2.05) is 0 Å². The zero-order chi connectivity index (χ0) is 20.5. The molecule has 12 heteroatoms. The first-order chi connectivity index (χ1) is 13.2. The van der Waals surface area contributed by atoms with Gasteiger partial charge in [-0.1, -0.05) is 15.9 Å². The standard InChI is InChI=1S/C16H15BrN6O4S/c1-9(13-14(19-4-3-18-13)23-16(25)20-8-21-23)22-15(24)10-5-11(17)7-12(6-10)28(2,26)27/h3-9H,1-2H3,(H,22,24)(H,20,21,25). The number of rotatable bonds is 5. The number of carbonyl (C=O) groups excluding carboxylic acids is 1. The van der Waals surface area contributed by atoms with Gasteiger partial charge in [-0.3, -0.25) is 14.8 Å². The molecule has 0 aliphatic heterocycles. The van der Waals surface area contributed by atoms with E-state index in [0.29, 0.717) is 10.2 Å². The number of aromatic amines is 1. The highest BCUT2D eigenvalue weighted by Crippen LogP contribution is 2.21. The summed E-state index contributed by atoms with van der Waals surface area (Å²) in [5.41, 5.74) is -0.0162. The van der Waals surface area contributed by atoms with E-state index in [1.165, 1.54) is 36.9 Å². The topological polar surface area (TPSA) is 140 Å². The van der Waals surface area contributed by atoms with Crippen LogP contribution in [0.3, 0.4) is 0 Å². The van der Waals surface area contributed by atoms with Crippen molar-refractivity contribution < 1.29 is 13.2 Å². The number of sulfone groups is 1. The molecule has 0 bridgehead atoms. The van der Waals surface area contributed by atoms with E-state index in [2.05, 4.69) is 41.3 Å². The van der Waals surface area contributed by atoms with Gasteiger partial charge in [-0.05, 0) is 25.1 Å². The van der Waals surface area contributed by atoms with Gasteiger partial charge in [0.15, 0.2) is 15.7 Å². The lowest BCUT2D eigenvalue weighted by Crippen LogP contribution is -2.30. The molecular formula is C16H15BrN6O4S. The fraction of sp³-hybridized carbons (Fsp3) is 0.188. The first kappa shape index (κ1) is 19.9. The van der Waals surface area contributed by atoms with Crippen LogP contribution >= 0.6 is 15.9 Å². The largest absolute Gasteiger partial charge is 0.349 e. The first-order valence-electron chi connectivity index (χ1n) is 7.92. The summed E-state index contributed by atoms with van der Waals surface area (Å²) in [4.78, 5) is 35.2. The van der Waals surface area contributed by atoms with E-state index in [1.54, 1.807) is 6.92 Å². The second-order valence-corrected chi connectivity index (χ2v) is 8.85. The molecule has 0 radical (unpaired) electrons. The number of hydrogen-bond donors (Lipinski definition) is 2. The predicted molar refractivity (Wildman–Crippen MR) is 103 cm³/mol. The summed E-state index contributed by atoms with van der Waals surface area (Å²) in [6, 6.07) is 3.57. The monoisotopic (exact) mass is 466 g/mol. The van der Waals surface area contributed by atoms with Gasteiger partial charge in [-0.15, -0.1) is 0 Å². The van der Waals surface area contributed by atoms with Crippen LogP contribution in [-0.2, 0) is 9.84 Å². The lowest BCUT2D eigenvalue weighted by atomic mass is 10.1. The smallest absolute Gasteiger partial charge is 0.344 e. The first-order valence-corrected chi connectivity index (χ1v) is 10.6. The Hall–Kier alpha value is -2.86. The molecule has 1 unspecified atom stereocenters. The highest BCUT2D eigenvalue weighted by Gasteiger charge is 2.20. The number of halogens is 1. The van der Waals surface area contributed by atoms with E-state index >= 15 is 0 Å². The highest BCUT2D eigenvalue weighted by atomic mass is 79.9. The van der Waals surface area contributed by atoms with Crippen LogP contribution in [0.25, 0.3) is 5.82 Å². The van der Waals surface area contributed by atoms with Crippen molar-refractivity contribution in [3.63, 3.8) is 0 Å². The minimum absolute atomic E-state index is 0.0166. The van der Waals surface area contributed by atoms with E-state index in [-0.39, 0.29) is 16.3 Å². The maximum Gasteiger partial charge on any atom is 0.349 e. The zero-order valence-electron chi connectivity index (χ0n) is 14.7. The molecule has 146 valence electrons. The molecule has 0 saturated carbocycles. The normalized spacial score (nSPS) is 12.5. The van der Waals surface area contributed by atoms with Crippen molar-refractivity contribution in [2.75, 3.05) is 6.26 Å². The van der Waals surface area contributed by atoms with Crippen LogP contribution in [0.5, 0.6) is 0 Å². The molecule has 0 fully saturated rings. The van der Waals surface area contributed by atoms with Crippen LogP contribution in [0.15, 0.2) is 51.1 Å². The Morgan fingerprint density at radius 2 is 1.96 bits per heavy atom. The molecule has 1 atom stereocenters. The van der Waals surface area contributed by atoms with Crippen LogP contribution in [-0.4, -0.2) is 45.3 Å². The third-order valence-corrected chi connectivity index (χ3v) is 5.33. The number of nitrogens with one attached hydrogen (secondary N) is 2. The van der Waals surface area contributed by atoms with Crippen molar-refractivity contribution in [2.24, 2.45) is 0 Å². The summed E-state index contributed by atoms with van der Waals surface area (Å²) in [7, 11) is -3.49. The van der Waals surface area contributed by atoms with Crippen molar-refractivity contribution in [1.29, 1.82) is 0 Å². The van der Waals surface area contributed by atoms with Crippen molar-refractivity contribution in [3.05, 3.63) is 63.1 Å². The Balaban J connectivity index is 1.92. The van der Waals surface area contributed by atoms with Gasteiger partial charge in [0.1, 0.15) is 12.0 Å². The summed E-state index contributed by atoms with van der Waals surface area (Å²) < 4.78 is 25.1. The van der Waals surface area contributed by atoms with Crippen molar-refractivity contribution in [3.8, 4) is 5.82 Å². The zero-order valence-corrected chi connectivity index (χ0v) is 17.2. The average molecular weight is 467 g/mol. The molecule has 0 aliphatic rings. The average Bonchev–Trinajstić information content (AvgIpc) is 3.06. The van der Waals surface area contributed by atoms with Crippen LogP contribution in [0.1, 0.15) is 29.0 Å². The number of benzene rings is 1. The Bertz CT molecular complexity index is 1200. The summed E-state index contributed by atoms with van der Waals surface area (Å²) in [6.07, 6.45) is 5.12. The molecule has 2 N–H and O–H groups in total. The van der Waals surface area contributed by atoms with Gasteiger partial charge in [0.05, 0.1) is 10.9 Å². The molecular weight excluding hydrogens is 452 g/mol. The van der Waals surface area contributed by atoms with Crippen LogP contribution in [0.2, 0.25) is 0 Å². The second kappa shape index (κ2) is 7.64. The van der Waals surface area contributed by atoms with Crippen LogP contribution < -0.4 is 11.0 Å². The third-order valence-electron chi connectivity index (χ3n) is 3.78. The Labute approximate surface area is 168 Å². The van der Waals surface area contributed by atoms with E-state index in [4.69, 9.17) is 0 Å². The Morgan fingerprint density at radius 3 is 2.61 bits per heavy atom. The minimum atomic E-state index is -3.49. The van der Waals surface area contributed by atoms with E-state index in [9.17, 15) is 18.0 Å². The fourth-order valence-electron chi connectivity index (χ4n) is 2.47. The van der Waals surface area contributed by atoms with Gasteiger partial charge in [0.2, 0.25) is 0 Å². The van der Waals surface area contributed by atoms with Gasteiger partial charge < -0.3 is 5.32 Å². The molecule has 1 amide bonds. The number of amides is 1. The summed E-state index contributed by atoms with van der Waals surface area (Å²) in [5.74, 6) is -0.336. The molecule has 0 spiro atoms. The molecule has 10 nitrogen and oxygen atoms in total. The molecule has 0 saturated heterocycles. The number of carbonyl (C=O) groups is 1. The molecule has 3 aromatic rings. The highest BCUT2D eigenvalue weighted by molar-refractivity contribution is 9.10. The van der Waals surface area contributed by atoms with Crippen LogP contribution in [0.4, 0.5) is 0 Å². The molecule has 0 aliphatic carbocycles. The summed E-state index contributed by atoms with van der Waals surface area (Å²) >= 11 is 3.21. The lowest BCUT2D eigenvalue weighted by Gasteiger charge is -2.16. The molecule has 28 heavy (non-hydrogen) atoms. The van der Waals surface area contributed by atoms with Gasteiger partial charge in [0, 0.05) is 28.7 Å². The van der Waals surface area contributed by atoms with Crippen molar-refractivity contribution in [2.45, 2.75) is 17.9 Å². The number of hydrogen-bond acceptors (Lipinski definition) is 7. The summed E-state index contributed by atoms with van der Waals surface area (Å²) in [6.45, 7) is 1.67. The number of aromatic nitrogens is 5. The molecule has 1 aromatic carbocycles. The predicted octanol–water partition coefficient (Wildman–Crippen LogP) is 1.01. The molecule has 2 heterocycles. The van der Waals surface area contributed by atoms with Crippen molar-refractivity contribution in [1.82, 2.24) is 30.0 Å². The van der Waals surface area contributed by atoms with E-state index < -0.39 is 27.5 Å². The van der Waals surface area contributed by atoms with Gasteiger partial charge in [-0.2, -0.15) is 9.78 Å².